The summed E-state index contributed by atoms with van der Waals surface area (Å²) in [5.41, 5.74) is 2.09. The fraction of sp³-hybridized carbons (Fsp3) is 0.238. The molecule has 0 fully saturated rings. The van der Waals surface area contributed by atoms with Gasteiger partial charge in [-0.1, -0.05) is 43.3 Å². The van der Waals surface area contributed by atoms with Crippen molar-refractivity contribution in [2.45, 2.75) is 33.2 Å². The predicted molar refractivity (Wildman–Crippen MR) is 113 cm³/mol. The summed E-state index contributed by atoms with van der Waals surface area (Å²) in [6.07, 6.45) is 0.825. The largest absolute Gasteiger partial charge is 0.277 e. The number of fused-ring (bicyclic) bond motifs is 1. The molecule has 0 saturated carbocycles. The van der Waals surface area contributed by atoms with E-state index >= 15 is 0 Å². The van der Waals surface area contributed by atoms with Crippen LogP contribution in [0.2, 0.25) is 0 Å². The van der Waals surface area contributed by atoms with Crippen LogP contribution in [0.25, 0.3) is 5.78 Å². The number of aromatic amines is 1. The van der Waals surface area contributed by atoms with Gasteiger partial charge in [-0.05, 0) is 23.9 Å². The lowest BCUT2D eigenvalue weighted by molar-refractivity contribution is -0.118. The third kappa shape index (κ3) is 3.84. The van der Waals surface area contributed by atoms with Crippen molar-refractivity contribution in [3.05, 3.63) is 79.9 Å². The number of aryl methyl sites for hydroxylation is 1. The standard InChI is InChI=1S/C21H21N5O2S/c1-3-18(27)25(13-16-10-7-11-29-16)21-23-20-22-14(2)17(19(28)26(20)24-21)12-15-8-5-4-6-9-15/h4-11H,3,12-13H2,1-2H3,(H,22,23,24). The highest BCUT2D eigenvalue weighted by Gasteiger charge is 2.21. The molecule has 0 radical (unpaired) electrons. The van der Waals surface area contributed by atoms with E-state index < -0.39 is 0 Å². The number of carbonyl (C=O) groups excluding carboxylic acids is 1. The first kappa shape index (κ1) is 19.1. The van der Waals surface area contributed by atoms with E-state index in [0.29, 0.717) is 36.6 Å². The third-order valence-corrected chi connectivity index (χ3v) is 5.62. The Labute approximate surface area is 171 Å². The first-order valence-corrected chi connectivity index (χ1v) is 10.3. The van der Waals surface area contributed by atoms with Gasteiger partial charge in [-0.25, -0.2) is 4.98 Å². The summed E-state index contributed by atoms with van der Waals surface area (Å²) in [7, 11) is 0. The van der Waals surface area contributed by atoms with Gasteiger partial charge in [0.15, 0.2) is 0 Å². The summed E-state index contributed by atoms with van der Waals surface area (Å²) >= 11 is 1.57. The van der Waals surface area contributed by atoms with Crippen LogP contribution < -0.4 is 10.5 Å². The van der Waals surface area contributed by atoms with Crippen molar-refractivity contribution in [1.29, 1.82) is 0 Å². The molecule has 0 bridgehead atoms. The minimum absolute atomic E-state index is 0.0771. The molecule has 1 amide bonds. The number of thiophene rings is 1. The average Bonchev–Trinajstić information content (AvgIpc) is 3.39. The topological polar surface area (TPSA) is 83.4 Å². The smallest absolute Gasteiger partial charge is 0.276 e. The lowest BCUT2D eigenvalue weighted by Crippen LogP contribution is -2.30. The zero-order valence-corrected chi connectivity index (χ0v) is 17.1. The highest BCUT2D eigenvalue weighted by molar-refractivity contribution is 7.09. The lowest BCUT2D eigenvalue weighted by Gasteiger charge is -2.17. The molecule has 1 N–H and O–H groups in total. The van der Waals surface area contributed by atoms with Crippen molar-refractivity contribution in [3.63, 3.8) is 0 Å². The normalized spacial score (nSPS) is 11.1. The molecule has 29 heavy (non-hydrogen) atoms. The molecule has 1 aromatic carbocycles. The zero-order chi connectivity index (χ0) is 20.4. The Hall–Kier alpha value is -3.26. The lowest BCUT2D eigenvalue weighted by atomic mass is 10.1. The van der Waals surface area contributed by atoms with Gasteiger partial charge in [0, 0.05) is 23.3 Å². The van der Waals surface area contributed by atoms with Crippen LogP contribution in [0.5, 0.6) is 0 Å². The van der Waals surface area contributed by atoms with Gasteiger partial charge < -0.3 is 0 Å². The van der Waals surface area contributed by atoms with Crippen LogP contribution >= 0.6 is 11.3 Å². The predicted octanol–water partition coefficient (Wildman–Crippen LogP) is 3.32. The minimum Gasteiger partial charge on any atom is -0.276 e. The fourth-order valence-corrected chi connectivity index (χ4v) is 3.89. The van der Waals surface area contributed by atoms with Crippen molar-refractivity contribution in [3.8, 4) is 0 Å². The fourth-order valence-electron chi connectivity index (χ4n) is 3.20. The van der Waals surface area contributed by atoms with E-state index in [1.807, 2.05) is 54.8 Å². The second kappa shape index (κ2) is 8.00. The summed E-state index contributed by atoms with van der Waals surface area (Å²) in [4.78, 5) is 37.2. The zero-order valence-electron chi connectivity index (χ0n) is 16.3. The molecule has 0 spiro atoms. The molecule has 0 saturated heterocycles. The van der Waals surface area contributed by atoms with Crippen LogP contribution in [0.1, 0.15) is 35.0 Å². The van der Waals surface area contributed by atoms with Crippen LogP contribution in [0, 0.1) is 6.92 Å². The molecule has 7 nitrogen and oxygen atoms in total. The van der Waals surface area contributed by atoms with Gasteiger partial charge in [0.2, 0.25) is 11.9 Å². The van der Waals surface area contributed by atoms with Gasteiger partial charge in [0.25, 0.3) is 11.3 Å². The molecule has 4 aromatic rings. The maximum absolute atomic E-state index is 13.1. The van der Waals surface area contributed by atoms with Crippen LogP contribution in [0.4, 0.5) is 5.95 Å². The van der Waals surface area contributed by atoms with E-state index in [1.54, 1.807) is 23.2 Å². The van der Waals surface area contributed by atoms with Gasteiger partial charge in [-0.3, -0.25) is 19.6 Å². The number of nitrogens with one attached hydrogen (secondary N) is 1. The molecule has 8 heteroatoms. The number of anilines is 1. The summed E-state index contributed by atoms with van der Waals surface area (Å²) in [5, 5.41) is 4.95. The average molecular weight is 407 g/mol. The van der Waals surface area contributed by atoms with Crippen LogP contribution in [0.3, 0.4) is 0 Å². The molecule has 0 unspecified atom stereocenters. The molecule has 4 rings (SSSR count). The van der Waals surface area contributed by atoms with Gasteiger partial charge in [-0.15, -0.1) is 11.3 Å². The molecule has 0 aliphatic heterocycles. The molecule has 3 aromatic heterocycles. The Morgan fingerprint density at radius 3 is 2.66 bits per heavy atom. The Bertz CT molecular complexity index is 1200. The van der Waals surface area contributed by atoms with Crippen LogP contribution in [-0.4, -0.2) is 25.5 Å². The molecular weight excluding hydrogens is 386 g/mol. The maximum atomic E-state index is 13.1. The Morgan fingerprint density at radius 2 is 1.97 bits per heavy atom. The number of nitrogens with zero attached hydrogens (tertiary/aromatic N) is 4. The number of rotatable bonds is 6. The summed E-state index contributed by atoms with van der Waals surface area (Å²) < 4.78 is 1.32. The Balaban J connectivity index is 1.75. The van der Waals surface area contributed by atoms with Gasteiger partial charge in [-0.2, -0.15) is 9.50 Å². The van der Waals surface area contributed by atoms with Crippen molar-refractivity contribution >= 4 is 29.0 Å². The second-order valence-electron chi connectivity index (χ2n) is 6.74. The van der Waals surface area contributed by atoms with Crippen LogP contribution in [-0.2, 0) is 17.8 Å². The number of amides is 1. The molecular formula is C21H21N5O2S. The maximum Gasteiger partial charge on any atom is 0.277 e. The SMILES string of the molecule is CCC(=O)N(Cc1cccs1)c1nc2nc(C)c(Cc3ccccc3)c(=O)n2[nH]1. The first-order valence-electron chi connectivity index (χ1n) is 9.41. The van der Waals surface area contributed by atoms with E-state index in [-0.39, 0.29) is 17.2 Å². The molecule has 148 valence electrons. The second-order valence-corrected chi connectivity index (χ2v) is 7.77. The number of H-pyrrole nitrogens is 1. The van der Waals surface area contributed by atoms with E-state index in [0.717, 1.165) is 10.4 Å². The Morgan fingerprint density at radius 1 is 1.17 bits per heavy atom. The Kier molecular flexibility index (Phi) is 5.26. The van der Waals surface area contributed by atoms with E-state index in [2.05, 4.69) is 15.1 Å². The number of benzene rings is 1. The van der Waals surface area contributed by atoms with Gasteiger partial charge in [0.1, 0.15) is 0 Å². The highest BCUT2D eigenvalue weighted by Crippen LogP contribution is 2.18. The monoisotopic (exact) mass is 407 g/mol. The van der Waals surface area contributed by atoms with Crippen molar-refractivity contribution in [1.82, 2.24) is 19.6 Å². The quantitative estimate of drug-likeness (QED) is 0.531. The molecule has 0 aliphatic carbocycles. The highest BCUT2D eigenvalue weighted by atomic mass is 32.1. The van der Waals surface area contributed by atoms with Crippen molar-refractivity contribution < 1.29 is 4.79 Å². The summed E-state index contributed by atoms with van der Waals surface area (Å²) in [5.74, 6) is 0.511. The summed E-state index contributed by atoms with van der Waals surface area (Å²) in [6.45, 7) is 4.02. The van der Waals surface area contributed by atoms with Crippen LogP contribution in [0.15, 0.2) is 52.6 Å². The number of carbonyl (C=O) groups is 1. The van der Waals surface area contributed by atoms with Gasteiger partial charge in [0.05, 0.1) is 12.2 Å². The number of hydrogen-bond acceptors (Lipinski definition) is 5. The molecule has 0 aliphatic rings. The number of hydrogen-bond donors (Lipinski definition) is 1. The summed E-state index contributed by atoms with van der Waals surface area (Å²) in [6, 6.07) is 13.7. The number of aromatic nitrogens is 4. The first-order chi connectivity index (χ1) is 14.1. The molecule has 3 heterocycles. The molecule has 0 atom stereocenters. The minimum atomic E-state index is -0.199. The van der Waals surface area contributed by atoms with Gasteiger partial charge >= 0.3 is 0 Å². The van der Waals surface area contributed by atoms with Crippen molar-refractivity contribution in [2.24, 2.45) is 0 Å². The van der Waals surface area contributed by atoms with E-state index in [1.165, 1.54) is 4.52 Å². The third-order valence-electron chi connectivity index (χ3n) is 4.76. The van der Waals surface area contributed by atoms with Crippen molar-refractivity contribution in [2.75, 3.05) is 4.90 Å². The van der Waals surface area contributed by atoms with E-state index in [9.17, 15) is 9.59 Å². The van der Waals surface area contributed by atoms with E-state index in [4.69, 9.17) is 0 Å².